The van der Waals surface area contributed by atoms with Crippen LogP contribution in [0, 0.1) is 0 Å². The minimum absolute atomic E-state index is 0.0525. The molecule has 0 radical (unpaired) electrons. The molecule has 2 aromatic rings. The van der Waals surface area contributed by atoms with E-state index >= 15 is 0 Å². The molecule has 0 spiro atoms. The molecule has 0 N–H and O–H groups in total. The van der Waals surface area contributed by atoms with E-state index in [4.69, 9.17) is 4.74 Å². The van der Waals surface area contributed by atoms with E-state index in [2.05, 4.69) is 48.0 Å². The smallest absolute Gasteiger partial charge is 0.107 e. The van der Waals surface area contributed by atoms with Gasteiger partial charge in [-0.1, -0.05) is 30.3 Å². The fourth-order valence-electron chi connectivity index (χ4n) is 2.54. The highest BCUT2D eigenvalue weighted by Crippen LogP contribution is 2.31. The van der Waals surface area contributed by atoms with Gasteiger partial charge in [0.25, 0.3) is 0 Å². The first-order chi connectivity index (χ1) is 9.65. The van der Waals surface area contributed by atoms with Gasteiger partial charge in [0.05, 0.1) is 19.3 Å². The highest BCUT2D eigenvalue weighted by molar-refractivity contribution is 7.09. The number of ether oxygens (including phenoxy) is 1. The van der Waals surface area contributed by atoms with E-state index in [9.17, 15) is 0 Å². The van der Waals surface area contributed by atoms with E-state index in [1.54, 1.807) is 11.3 Å². The number of thiazole rings is 1. The van der Waals surface area contributed by atoms with Crippen LogP contribution in [0.25, 0.3) is 0 Å². The Morgan fingerprint density at radius 1 is 1.35 bits per heavy atom. The van der Waals surface area contributed by atoms with Gasteiger partial charge >= 0.3 is 0 Å². The summed E-state index contributed by atoms with van der Waals surface area (Å²) in [6, 6.07) is 10.5. The van der Waals surface area contributed by atoms with Crippen molar-refractivity contribution >= 4 is 11.3 Å². The van der Waals surface area contributed by atoms with Crippen LogP contribution < -0.4 is 0 Å². The average Bonchev–Trinajstić information content (AvgIpc) is 2.95. The normalized spacial score (nSPS) is 22.8. The van der Waals surface area contributed by atoms with Crippen molar-refractivity contribution in [2.75, 3.05) is 13.2 Å². The summed E-state index contributed by atoms with van der Waals surface area (Å²) >= 11 is 1.72. The SMILES string of the molecule is CC1(C)COC(c2ccccc2)CN1Cc1nccs1. The van der Waals surface area contributed by atoms with E-state index < -0.39 is 0 Å². The van der Waals surface area contributed by atoms with Crippen LogP contribution in [0.3, 0.4) is 0 Å². The first-order valence-corrected chi connectivity index (χ1v) is 7.83. The molecule has 1 aromatic heterocycles. The molecule has 1 atom stereocenters. The monoisotopic (exact) mass is 288 g/mol. The summed E-state index contributed by atoms with van der Waals surface area (Å²) in [7, 11) is 0. The number of hydrogen-bond donors (Lipinski definition) is 0. The molecule has 3 nitrogen and oxygen atoms in total. The van der Waals surface area contributed by atoms with Gasteiger partial charge in [-0.25, -0.2) is 4.98 Å². The quantitative estimate of drug-likeness (QED) is 0.864. The van der Waals surface area contributed by atoms with E-state index in [1.165, 1.54) is 10.6 Å². The van der Waals surface area contributed by atoms with E-state index in [1.807, 2.05) is 17.6 Å². The molecule has 2 heterocycles. The van der Waals surface area contributed by atoms with Crippen LogP contribution in [0.4, 0.5) is 0 Å². The molecule has 1 aliphatic rings. The van der Waals surface area contributed by atoms with Crippen LogP contribution in [0.1, 0.15) is 30.5 Å². The van der Waals surface area contributed by atoms with Crippen LogP contribution in [-0.4, -0.2) is 28.6 Å². The molecule has 1 saturated heterocycles. The van der Waals surface area contributed by atoms with Crippen molar-refractivity contribution in [3.05, 3.63) is 52.5 Å². The van der Waals surface area contributed by atoms with Gasteiger partial charge in [-0.15, -0.1) is 11.3 Å². The first-order valence-electron chi connectivity index (χ1n) is 6.95. The Morgan fingerprint density at radius 3 is 2.85 bits per heavy atom. The Labute approximate surface area is 124 Å². The summed E-state index contributed by atoms with van der Waals surface area (Å²) in [6.07, 6.45) is 2.03. The van der Waals surface area contributed by atoms with Crippen LogP contribution in [0.15, 0.2) is 41.9 Å². The fraction of sp³-hybridized carbons (Fsp3) is 0.438. The minimum Gasteiger partial charge on any atom is -0.370 e. The molecule has 0 saturated carbocycles. The van der Waals surface area contributed by atoms with Crippen molar-refractivity contribution in [1.82, 2.24) is 9.88 Å². The Kier molecular flexibility index (Phi) is 3.87. The van der Waals surface area contributed by atoms with Gasteiger partial charge in [0, 0.05) is 23.7 Å². The van der Waals surface area contributed by atoms with Gasteiger partial charge in [0.2, 0.25) is 0 Å². The molecule has 1 aliphatic heterocycles. The van der Waals surface area contributed by atoms with Gasteiger partial charge in [-0.05, 0) is 19.4 Å². The van der Waals surface area contributed by atoms with Crippen LogP contribution >= 0.6 is 11.3 Å². The second-order valence-corrected chi connectivity index (χ2v) is 6.81. The van der Waals surface area contributed by atoms with Crippen molar-refractivity contribution in [1.29, 1.82) is 0 Å². The number of morpholine rings is 1. The van der Waals surface area contributed by atoms with Crippen molar-refractivity contribution in [3.8, 4) is 0 Å². The summed E-state index contributed by atoms with van der Waals surface area (Å²) in [6.45, 7) is 7.04. The maximum Gasteiger partial charge on any atom is 0.107 e. The molecular weight excluding hydrogens is 268 g/mol. The Hall–Kier alpha value is -1.23. The van der Waals surface area contributed by atoms with Crippen molar-refractivity contribution in [2.24, 2.45) is 0 Å². The van der Waals surface area contributed by atoms with E-state index in [0.29, 0.717) is 0 Å². The second kappa shape index (κ2) is 5.64. The standard InChI is InChI=1S/C16H20N2OS/c1-16(2)12-19-14(13-6-4-3-5-7-13)10-18(16)11-15-17-8-9-20-15/h3-9,14H,10-12H2,1-2H3. The van der Waals surface area contributed by atoms with Gasteiger partial charge < -0.3 is 4.74 Å². The molecule has 0 amide bonds. The third-order valence-electron chi connectivity index (χ3n) is 3.86. The molecule has 0 aliphatic carbocycles. The first kappa shape index (κ1) is 13.7. The molecular formula is C16H20N2OS. The fourth-order valence-corrected chi connectivity index (χ4v) is 3.17. The largest absolute Gasteiger partial charge is 0.370 e. The zero-order valence-electron chi connectivity index (χ0n) is 12.0. The van der Waals surface area contributed by atoms with Crippen molar-refractivity contribution in [3.63, 3.8) is 0 Å². The van der Waals surface area contributed by atoms with Crippen LogP contribution in [0.5, 0.6) is 0 Å². The highest BCUT2D eigenvalue weighted by Gasteiger charge is 2.35. The lowest BCUT2D eigenvalue weighted by molar-refractivity contribution is -0.104. The topological polar surface area (TPSA) is 25.4 Å². The predicted octanol–water partition coefficient (Wildman–Crippen LogP) is 3.50. The Bertz CT molecular complexity index is 539. The van der Waals surface area contributed by atoms with Gasteiger partial charge in [0.15, 0.2) is 0 Å². The summed E-state index contributed by atoms with van der Waals surface area (Å²) in [5.74, 6) is 0. The number of hydrogen-bond acceptors (Lipinski definition) is 4. The van der Waals surface area contributed by atoms with E-state index in [-0.39, 0.29) is 11.6 Å². The molecule has 106 valence electrons. The number of rotatable bonds is 3. The summed E-state index contributed by atoms with van der Waals surface area (Å²) < 4.78 is 6.07. The maximum atomic E-state index is 6.07. The zero-order chi connectivity index (χ0) is 14.0. The third kappa shape index (κ3) is 2.92. The minimum atomic E-state index is 0.0525. The molecule has 3 rings (SSSR count). The predicted molar refractivity (Wildman–Crippen MR) is 81.7 cm³/mol. The van der Waals surface area contributed by atoms with E-state index in [0.717, 1.165) is 19.7 Å². The molecule has 1 unspecified atom stereocenters. The molecule has 20 heavy (non-hydrogen) atoms. The lowest BCUT2D eigenvalue weighted by Crippen LogP contribution is -2.53. The maximum absolute atomic E-state index is 6.07. The second-order valence-electron chi connectivity index (χ2n) is 5.83. The van der Waals surface area contributed by atoms with Crippen molar-refractivity contribution < 1.29 is 4.74 Å². The Balaban J connectivity index is 1.76. The Morgan fingerprint density at radius 2 is 2.15 bits per heavy atom. The van der Waals surface area contributed by atoms with Crippen molar-refractivity contribution in [2.45, 2.75) is 32.0 Å². The summed E-state index contributed by atoms with van der Waals surface area (Å²) in [4.78, 5) is 6.89. The van der Waals surface area contributed by atoms with Gasteiger partial charge in [-0.2, -0.15) is 0 Å². The number of benzene rings is 1. The summed E-state index contributed by atoms with van der Waals surface area (Å²) in [5, 5.41) is 3.21. The summed E-state index contributed by atoms with van der Waals surface area (Å²) in [5.41, 5.74) is 1.31. The van der Waals surface area contributed by atoms with Crippen LogP contribution in [-0.2, 0) is 11.3 Å². The van der Waals surface area contributed by atoms with Gasteiger partial charge in [0.1, 0.15) is 5.01 Å². The number of nitrogens with zero attached hydrogens (tertiary/aromatic N) is 2. The third-order valence-corrected chi connectivity index (χ3v) is 4.63. The molecule has 1 aromatic carbocycles. The lowest BCUT2D eigenvalue weighted by Gasteiger charge is -2.45. The van der Waals surface area contributed by atoms with Gasteiger partial charge in [-0.3, -0.25) is 4.90 Å². The average molecular weight is 288 g/mol. The molecule has 4 heteroatoms. The highest BCUT2D eigenvalue weighted by atomic mass is 32.1. The lowest BCUT2D eigenvalue weighted by atomic mass is 9.98. The van der Waals surface area contributed by atoms with Crippen LogP contribution in [0.2, 0.25) is 0 Å². The molecule has 1 fully saturated rings. The zero-order valence-corrected chi connectivity index (χ0v) is 12.8. The number of aromatic nitrogens is 1. The molecule has 0 bridgehead atoms.